The average molecular weight is 435 g/mol. The number of para-hydroxylation sites is 1. The van der Waals surface area contributed by atoms with Crippen LogP contribution in [0.1, 0.15) is 26.3 Å². The van der Waals surface area contributed by atoms with Gasteiger partial charge < -0.3 is 10.1 Å². The van der Waals surface area contributed by atoms with Crippen molar-refractivity contribution in [3.8, 4) is 0 Å². The molecule has 0 radical (unpaired) electrons. The summed E-state index contributed by atoms with van der Waals surface area (Å²) in [5.74, 6) is -1.05. The molecule has 10 heteroatoms. The van der Waals surface area contributed by atoms with Crippen molar-refractivity contribution in [1.29, 1.82) is 0 Å². The smallest absolute Gasteiger partial charge is 0.338 e. The fraction of sp³-hybridized carbons (Fsp3) is 0.0909. The molecule has 0 atom stereocenters. The Morgan fingerprint density at radius 2 is 1.31 bits per heavy atom. The lowest BCUT2D eigenvalue weighted by Gasteiger charge is -2.11. The lowest BCUT2D eigenvalue weighted by atomic mass is 10.1. The zero-order valence-corrected chi connectivity index (χ0v) is 16.6. The molecule has 1 N–H and O–H groups in total. The Bertz CT molecular complexity index is 1160. The van der Waals surface area contributed by atoms with Gasteiger partial charge in [0, 0.05) is 41.9 Å². The summed E-state index contributed by atoms with van der Waals surface area (Å²) in [6, 6.07) is 17.3. The van der Waals surface area contributed by atoms with E-state index in [2.05, 4.69) is 5.32 Å². The Balaban J connectivity index is 1.60. The molecule has 0 unspecified atom stereocenters. The maximum atomic E-state index is 12.5. The highest BCUT2D eigenvalue weighted by molar-refractivity contribution is 6.04. The zero-order valence-electron chi connectivity index (χ0n) is 16.6. The first-order chi connectivity index (χ1) is 15.3. The number of esters is 1. The normalized spacial score (nSPS) is 10.2. The quantitative estimate of drug-likeness (QED) is 0.318. The number of anilines is 1. The van der Waals surface area contributed by atoms with Gasteiger partial charge in [-0.15, -0.1) is 0 Å². The second kappa shape index (κ2) is 9.94. The van der Waals surface area contributed by atoms with E-state index in [4.69, 9.17) is 4.74 Å². The van der Waals surface area contributed by atoms with E-state index in [1.54, 1.807) is 24.3 Å². The SMILES string of the molecule is O=C(Nc1ccccc1CCOC(=O)c1ccc([N+](=O)[O-])cc1)c1ccc([N+](=O)[O-])cc1. The number of hydrogen-bond acceptors (Lipinski definition) is 7. The van der Waals surface area contributed by atoms with Crippen molar-refractivity contribution >= 4 is 28.9 Å². The Labute approximate surface area is 181 Å². The number of nitrogens with one attached hydrogen (secondary N) is 1. The molecule has 0 saturated heterocycles. The molecule has 1 amide bonds. The van der Waals surface area contributed by atoms with E-state index < -0.39 is 21.7 Å². The third-order valence-electron chi connectivity index (χ3n) is 4.52. The molecule has 0 spiro atoms. The van der Waals surface area contributed by atoms with Gasteiger partial charge in [-0.25, -0.2) is 4.79 Å². The molecule has 0 bridgehead atoms. The van der Waals surface area contributed by atoms with E-state index in [0.29, 0.717) is 12.1 Å². The van der Waals surface area contributed by atoms with E-state index >= 15 is 0 Å². The maximum absolute atomic E-state index is 12.5. The van der Waals surface area contributed by atoms with Crippen molar-refractivity contribution in [2.75, 3.05) is 11.9 Å². The van der Waals surface area contributed by atoms with Crippen LogP contribution in [0.3, 0.4) is 0 Å². The molecule has 0 heterocycles. The van der Waals surface area contributed by atoms with Gasteiger partial charge in [-0.3, -0.25) is 25.0 Å². The van der Waals surface area contributed by atoms with Crippen LogP contribution in [0.2, 0.25) is 0 Å². The van der Waals surface area contributed by atoms with E-state index in [9.17, 15) is 29.8 Å². The zero-order chi connectivity index (χ0) is 23.1. The van der Waals surface area contributed by atoms with Gasteiger partial charge in [0.25, 0.3) is 17.3 Å². The predicted octanol–water partition coefficient (Wildman–Crippen LogP) is 4.15. The fourth-order valence-electron chi connectivity index (χ4n) is 2.85. The molecule has 162 valence electrons. The second-order valence-electron chi connectivity index (χ2n) is 6.61. The second-order valence-corrected chi connectivity index (χ2v) is 6.61. The lowest BCUT2D eigenvalue weighted by molar-refractivity contribution is -0.385. The highest BCUT2D eigenvalue weighted by atomic mass is 16.6. The van der Waals surface area contributed by atoms with Gasteiger partial charge in [0.1, 0.15) is 0 Å². The van der Waals surface area contributed by atoms with Crippen LogP contribution in [0, 0.1) is 20.2 Å². The minimum Gasteiger partial charge on any atom is -0.462 e. The largest absolute Gasteiger partial charge is 0.462 e. The Hall–Kier alpha value is -4.60. The van der Waals surface area contributed by atoms with E-state index in [0.717, 1.165) is 5.56 Å². The topological polar surface area (TPSA) is 142 Å². The van der Waals surface area contributed by atoms with Crippen LogP contribution in [0.4, 0.5) is 17.1 Å². The highest BCUT2D eigenvalue weighted by Crippen LogP contribution is 2.19. The number of nitro groups is 2. The van der Waals surface area contributed by atoms with Crippen LogP contribution < -0.4 is 5.32 Å². The molecule has 3 aromatic carbocycles. The number of ether oxygens (including phenoxy) is 1. The number of non-ortho nitro benzene ring substituents is 2. The van der Waals surface area contributed by atoms with Gasteiger partial charge in [-0.1, -0.05) is 18.2 Å². The number of nitro benzene ring substituents is 2. The summed E-state index contributed by atoms with van der Waals surface area (Å²) in [5.41, 5.74) is 1.45. The Morgan fingerprint density at radius 1 is 0.781 bits per heavy atom. The lowest BCUT2D eigenvalue weighted by Crippen LogP contribution is -2.14. The molecule has 32 heavy (non-hydrogen) atoms. The van der Waals surface area contributed by atoms with E-state index in [1.807, 2.05) is 0 Å². The minimum absolute atomic E-state index is 0.0280. The van der Waals surface area contributed by atoms with Crippen LogP contribution in [-0.2, 0) is 11.2 Å². The Morgan fingerprint density at radius 3 is 1.88 bits per heavy atom. The first kappa shape index (κ1) is 22.1. The van der Waals surface area contributed by atoms with E-state index in [1.165, 1.54) is 48.5 Å². The number of hydrogen-bond donors (Lipinski definition) is 1. The fourth-order valence-corrected chi connectivity index (χ4v) is 2.85. The maximum Gasteiger partial charge on any atom is 0.338 e. The summed E-state index contributed by atoms with van der Waals surface area (Å²) in [6.07, 6.45) is 0.315. The summed E-state index contributed by atoms with van der Waals surface area (Å²) in [6.45, 7) is 0.0280. The van der Waals surface area contributed by atoms with Crippen molar-refractivity contribution in [2.45, 2.75) is 6.42 Å². The summed E-state index contributed by atoms with van der Waals surface area (Å²) in [7, 11) is 0. The minimum atomic E-state index is -0.618. The van der Waals surface area contributed by atoms with E-state index in [-0.39, 0.29) is 29.1 Å². The number of rotatable bonds is 8. The predicted molar refractivity (Wildman–Crippen MR) is 115 cm³/mol. The van der Waals surface area contributed by atoms with Crippen molar-refractivity contribution in [1.82, 2.24) is 0 Å². The molecule has 0 saturated carbocycles. The van der Waals surface area contributed by atoms with Crippen molar-refractivity contribution in [3.05, 3.63) is 110 Å². The summed E-state index contributed by atoms with van der Waals surface area (Å²) in [4.78, 5) is 44.9. The van der Waals surface area contributed by atoms with Crippen LogP contribution in [0.15, 0.2) is 72.8 Å². The molecule has 0 aliphatic carbocycles. The van der Waals surface area contributed by atoms with Gasteiger partial charge >= 0.3 is 5.97 Å². The monoisotopic (exact) mass is 435 g/mol. The number of carbonyl (C=O) groups excluding carboxylic acids is 2. The Kier molecular flexibility index (Phi) is 6.86. The van der Waals surface area contributed by atoms with Gasteiger partial charge in [0.2, 0.25) is 0 Å². The third-order valence-corrected chi connectivity index (χ3v) is 4.52. The number of nitrogens with zero attached hydrogens (tertiary/aromatic N) is 2. The van der Waals surface area contributed by atoms with Crippen LogP contribution in [-0.4, -0.2) is 28.3 Å². The van der Waals surface area contributed by atoms with Crippen LogP contribution in [0.5, 0.6) is 0 Å². The molecule has 0 aromatic heterocycles. The first-order valence-corrected chi connectivity index (χ1v) is 9.40. The van der Waals surface area contributed by atoms with Gasteiger partial charge in [0.05, 0.1) is 22.0 Å². The first-order valence-electron chi connectivity index (χ1n) is 9.40. The molecule has 10 nitrogen and oxygen atoms in total. The summed E-state index contributed by atoms with van der Waals surface area (Å²) >= 11 is 0. The molecule has 0 fully saturated rings. The number of carbonyl (C=O) groups is 2. The van der Waals surface area contributed by atoms with Gasteiger partial charge in [-0.2, -0.15) is 0 Å². The van der Waals surface area contributed by atoms with Crippen molar-refractivity contribution in [3.63, 3.8) is 0 Å². The molecule has 0 aliphatic rings. The highest BCUT2D eigenvalue weighted by Gasteiger charge is 2.13. The van der Waals surface area contributed by atoms with Crippen molar-refractivity contribution in [2.24, 2.45) is 0 Å². The molecular weight excluding hydrogens is 418 g/mol. The molecular formula is C22H17N3O7. The van der Waals surface area contributed by atoms with Gasteiger partial charge in [0.15, 0.2) is 0 Å². The molecule has 3 aromatic rings. The standard InChI is InChI=1S/C22H17N3O7/c26-21(16-5-9-18(10-6-16)24(28)29)23-20-4-2-1-3-15(20)13-14-32-22(27)17-7-11-19(12-8-17)25(30)31/h1-12H,13-14H2,(H,23,26). The van der Waals surface area contributed by atoms with Gasteiger partial charge in [-0.05, 0) is 35.9 Å². The van der Waals surface area contributed by atoms with Crippen LogP contribution in [0.25, 0.3) is 0 Å². The third kappa shape index (κ3) is 5.51. The molecule has 3 rings (SSSR count). The summed E-state index contributed by atoms with van der Waals surface area (Å²) in [5, 5.41) is 24.2. The van der Waals surface area contributed by atoms with Crippen molar-refractivity contribution < 1.29 is 24.2 Å². The average Bonchev–Trinajstić information content (AvgIpc) is 2.80. The molecule has 0 aliphatic heterocycles. The number of benzene rings is 3. The number of amides is 1. The van der Waals surface area contributed by atoms with Crippen LogP contribution >= 0.6 is 0 Å². The summed E-state index contributed by atoms with van der Waals surface area (Å²) < 4.78 is 5.23.